The first-order chi connectivity index (χ1) is 13.8. The highest BCUT2D eigenvalue weighted by atomic mass is 16.5. The number of esters is 1. The van der Waals surface area contributed by atoms with E-state index in [2.05, 4.69) is 5.32 Å². The Morgan fingerprint density at radius 3 is 2.14 bits per heavy atom. The highest BCUT2D eigenvalue weighted by molar-refractivity contribution is 6.10. The van der Waals surface area contributed by atoms with Crippen LogP contribution in [0.3, 0.4) is 0 Å². The molecule has 0 spiro atoms. The average molecular weight is 391 g/mol. The number of aromatic carboxylic acids is 1. The molecule has 0 heterocycles. The maximum atomic E-state index is 12.4. The quantitative estimate of drug-likeness (QED) is 0.449. The molecule has 0 aromatic heterocycles. The molecule has 1 amide bonds. The molecule has 0 aliphatic rings. The van der Waals surface area contributed by atoms with Crippen molar-refractivity contribution in [3.63, 3.8) is 0 Å². The molecule has 3 rings (SSSR count). The van der Waals surface area contributed by atoms with Crippen LogP contribution in [0.2, 0.25) is 0 Å². The number of phenols is 1. The number of hydrogen-bond donors (Lipinski definition) is 3. The summed E-state index contributed by atoms with van der Waals surface area (Å²) >= 11 is 0. The van der Waals surface area contributed by atoms with Crippen molar-refractivity contribution in [3.8, 4) is 11.5 Å². The maximum absolute atomic E-state index is 12.4. The van der Waals surface area contributed by atoms with Crippen LogP contribution in [-0.2, 0) is 0 Å². The number of rotatable bonds is 5. The van der Waals surface area contributed by atoms with Crippen LogP contribution in [0, 0.1) is 6.92 Å². The molecule has 0 saturated heterocycles. The first-order valence-corrected chi connectivity index (χ1v) is 8.60. The van der Waals surface area contributed by atoms with Gasteiger partial charge in [0.05, 0.1) is 11.1 Å². The molecule has 7 nitrogen and oxygen atoms in total. The second-order valence-electron chi connectivity index (χ2n) is 6.24. The number of ether oxygens (including phenoxy) is 1. The molecule has 0 fully saturated rings. The van der Waals surface area contributed by atoms with Gasteiger partial charge in [-0.3, -0.25) is 4.79 Å². The monoisotopic (exact) mass is 391 g/mol. The number of carbonyl (C=O) groups is 3. The van der Waals surface area contributed by atoms with Crippen LogP contribution >= 0.6 is 0 Å². The minimum atomic E-state index is -1.23. The van der Waals surface area contributed by atoms with E-state index in [1.807, 2.05) is 6.92 Å². The predicted octanol–water partition coefficient (Wildman–Crippen LogP) is 3.87. The van der Waals surface area contributed by atoms with E-state index in [1.54, 1.807) is 30.3 Å². The average Bonchev–Trinajstić information content (AvgIpc) is 2.69. The van der Waals surface area contributed by atoms with Gasteiger partial charge in [-0.05, 0) is 43.3 Å². The third-order valence-electron chi connectivity index (χ3n) is 4.11. The number of anilines is 1. The van der Waals surface area contributed by atoms with Gasteiger partial charge in [-0.2, -0.15) is 0 Å². The van der Waals surface area contributed by atoms with E-state index >= 15 is 0 Å². The van der Waals surface area contributed by atoms with Crippen molar-refractivity contribution in [3.05, 3.63) is 89.0 Å². The number of hydrogen-bond acceptors (Lipinski definition) is 5. The number of nitrogens with one attached hydrogen (secondary N) is 1. The number of carboxylic acids is 1. The van der Waals surface area contributed by atoms with Gasteiger partial charge in [-0.25, -0.2) is 9.59 Å². The molecule has 3 N–H and O–H groups in total. The van der Waals surface area contributed by atoms with Crippen LogP contribution in [0.5, 0.6) is 11.5 Å². The molecule has 29 heavy (non-hydrogen) atoms. The highest BCUT2D eigenvalue weighted by Crippen LogP contribution is 2.24. The SMILES string of the molecule is Cc1ccc(OC(=O)c2ccc(NC(=O)c3ccccc3C(=O)O)cc2O)cc1. The van der Waals surface area contributed by atoms with Gasteiger partial charge in [-0.15, -0.1) is 0 Å². The molecule has 0 atom stereocenters. The lowest BCUT2D eigenvalue weighted by molar-refractivity contribution is 0.0690. The third kappa shape index (κ3) is 4.59. The molecule has 7 heteroatoms. The van der Waals surface area contributed by atoms with Crippen LogP contribution < -0.4 is 10.1 Å². The summed E-state index contributed by atoms with van der Waals surface area (Å²) in [7, 11) is 0. The topological polar surface area (TPSA) is 113 Å². The van der Waals surface area contributed by atoms with Crippen LogP contribution in [0.25, 0.3) is 0 Å². The van der Waals surface area contributed by atoms with Crippen molar-refractivity contribution in [2.45, 2.75) is 6.92 Å². The standard InChI is InChI=1S/C22H17NO6/c1-13-6-9-15(10-7-13)29-22(28)18-11-8-14(12-19(18)24)23-20(25)16-4-2-3-5-17(16)21(26)27/h2-12,24H,1H3,(H,23,25)(H,26,27). The molecule has 3 aromatic rings. The second-order valence-corrected chi connectivity index (χ2v) is 6.24. The first-order valence-electron chi connectivity index (χ1n) is 8.60. The summed E-state index contributed by atoms with van der Waals surface area (Å²) in [4.78, 5) is 35.9. The van der Waals surface area contributed by atoms with E-state index in [4.69, 9.17) is 4.74 Å². The Kier molecular flexibility index (Phi) is 5.59. The molecule has 146 valence electrons. The lowest BCUT2D eigenvalue weighted by Crippen LogP contribution is -2.16. The van der Waals surface area contributed by atoms with Gasteiger partial charge in [-0.1, -0.05) is 29.8 Å². The predicted molar refractivity (Wildman–Crippen MR) is 106 cm³/mol. The van der Waals surface area contributed by atoms with Gasteiger partial charge < -0.3 is 20.3 Å². The van der Waals surface area contributed by atoms with Gasteiger partial charge in [0.15, 0.2) is 0 Å². The minimum absolute atomic E-state index is 0.0256. The fourth-order valence-electron chi connectivity index (χ4n) is 2.62. The summed E-state index contributed by atoms with van der Waals surface area (Å²) in [5, 5.41) is 21.9. The molecule has 3 aromatic carbocycles. The summed E-state index contributed by atoms with van der Waals surface area (Å²) in [5.41, 5.74) is 0.959. The number of benzene rings is 3. The zero-order valence-electron chi connectivity index (χ0n) is 15.4. The Morgan fingerprint density at radius 1 is 0.862 bits per heavy atom. The van der Waals surface area contributed by atoms with Crippen LogP contribution in [-0.4, -0.2) is 28.1 Å². The van der Waals surface area contributed by atoms with Gasteiger partial charge in [0.2, 0.25) is 0 Å². The van der Waals surface area contributed by atoms with Crippen molar-refractivity contribution < 1.29 is 29.3 Å². The fourth-order valence-corrected chi connectivity index (χ4v) is 2.62. The Bertz CT molecular complexity index is 1090. The van der Waals surface area contributed by atoms with E-state index in [0.717, 1.165) is 5.56 Å². The molecule has 0 saturated carbocycles. The molecule has 0 radical (unpaired) electrons. The Morgan fingerprint density at radius 2 is 1.52 bits per heavy atom. The summed E-state index contributed by atoms with van der Waals surface area (Å²) in [6.45, 7) is 1.90. The zero-order valence-corrected chi connectivity index (χ0v) is 15.4. The molecule has 0 bridgehead atoms. The van der Waals surface area contributed by atoms with Crippen LogP contribution in [0.4, 0.5) is 5.69 Å². The minimum Gasteiger partial charge on any atom is -0.507 e. The Labute approximate surface area is 166 Å². The van der Waals surface area contributed by atoms with E-state index in [1.165, 1.54) is 36.4 Å². The lowest BCUT2D eigenvalue weighted by Gasteiger charge is -2.10. The summed E-state index contributed by atoms with van der Waals surface area (Å²) < 4.78 is 5.22. The van der Waals surface area contributed by atoms with Crippen molar-refractivity contribution in [2.75, 3.05) is 5.32 Å². The smallest absolute Gasteiger partial charge is 0.347 e. The maximum Gasteiger partial charge on any atom is 0.347 e. The van der Waals surface area contributed by atoms with Crippen molar-refractivity contribution in [2.24, 2.45) is 0 Å². The summed E-state index contributed by atoms with van der Waals surface area (Å²) in [6, 6.07) is 16.5. The summed E-state index contributed by atoms with van der Waals surface area (Å²) in [5.74, 6) is -2.68. The number of aryl methyl sites for hydroxylation is 1. The number of phenolic OH excluding ortho intramolecular Hbond substituents is 1. The molecular weight excluding hydrogens is 374 g/mol. The first kappa shape index (κ1) is 19.6. The highest BCUT2D eigenvalue weighted by Gasteiger charge is 2.18. The van der Waals surface area contributed by atoms with E-state index < -0.39 is 17.8 Å². The molecule has 0 aliphatic carbocycles. The number of carbonyl (C=O) groups excluding carboxylic acids is 2. The van der Waals surface area contributed by atoms with E-state index in [0.29, 0.717) is 5.75 Å². The van der Waals surface area contributed by atoms with Crippen LogP contribution in [0.15, 0.2) is 66.7 Å². The van der Waals surface area contributed by atoms with E-state index in [-0.39, 0.29) is 28.1 Å². The normalized spacial score (nSPS) is 10.2. The summed E-state index contributed by atoms with van der Waals surface area (Å²) in [6.07, 6.45) is 0. The lowest BCUT2D eigenvalue weighted by atomic mass is 10.1. The molecule has 0 unspecified atom stereocenters. The Balaban J connectivity index is 1.76. The van der Waals surface area contributed by atoms with Crippen molar-refractivity contribution in [1.29, 1.82) is 0 Å². The zero-order chi connectivity index (χ0) is 21.0. The van der Waals surface area contributed by atoms with Gasteiger partial charge in [0.25, 0.3) is 5.91 Å². The second kappa shape index (κ2) is 8.26. The Hall–Kier alpha value is -4.13. The number of amides is 1. The fraction of sp³-hybridized carbons (Fsp3) is 0.0455. The van der Waals surface area contributed by atoms with Gasteiger partial charge in [0.1, 0.15) is 17.1 Å². The number of aromatic hydroxyl groups is 1. The molecular formula is C22H17NO6. The van der Waals surface area contributed by atoms with Gasteiger partial charge >= 0.3 is 11.9 Å². The molecule has 0 aliphatic heterocycles. The third-order valence-corrected chi connectivity index (χ3v) is 4.11. The largest absolute Gasteiger partial charge is 0.507 e. The van der Waals surface area contributed by atoms with Crippen molar-refractivity contribution >= 4 is 23.5 Å². The van der Waals surface area contributed by atoms with Crippen LogP contribution in [0.1, 0.15) is 36.6 Å². The van der Waals surface area contributed by atoms with Gasteiger partial charge in [0, 0.05) is 11.8 Å². The van der Waals surface area contributed by atoms with E-state index in [9.17, 15) is 24.6 Å². The number of carboxylic acid groups (broad SMARTS) is 1. The van der Waals surface area contributed by atoms with Crippen molar-refractivity contribution in [1.82, 2.24) is 0 Å².